The second-order valence-corrected chi connectivity index (χ2v) is 17.8. The van der Waals surface area contributed by atoms with Crippen LogP contribution in [0.1, 0.15) is 79.9 Å². The van der Waals surface area contributed by atoms with Gasteiger partial charge in [0.05, 0.1) is 31.4 Å². The second kappa shape index (κ2) is 19.7. The van der Waals surface area contributed by atoms with E-state index < -0.39 is 109 Å². The van der Waals surface area contributed by atoms with Gasteiger partial charge in [0.15, 0.2) is 12.1 Å². The highest BCUT2D eigenvalue weighted by atomic mass is 16.8. The zero-order chi connectivity index (χ0) is 45.1. The Morgan fingerprint density at radius 2 is 1.68 bits per heavy atom. The molecule has 3 aliphatic heterocycles. The number of rotatable bonds is 14. The minimum absolute atomic E-state index is 0.00590. The number of hydrogen-bond donors (Lipinski definition) is 6. The molecule has 0 radical (unpaired) electrons. The summed E-state index contributed by atoms with van der Waals surface area (Å²) in [6.45, 7) is 4.57. The van der Waals surface area contributed by atoms with Crippen LogP contribution in [0.15, 0.2) is 66.3 Å². The number of benzene rings is 2. The first kappa shape index (κ1) is 46.4. The van der Waals surface area contributed by atoms with Crippen molar-refractivity contribution < 1.29 is 73.1 Å². The lowest BCUT2D eigenvalue weighted by Gasteiger charge is -2.39. The van der Waals surface area contributed by atoms with Crippen molar-refractivity contribution in [2.75, 3.05) is 26.4 Å². The fourth-order valence-electron chi connectivity index (χ4n) is 8.79. The summed E-state index contributed by atoms with van der Waals surface area (Å²) in [6, 6.07) is 13.0. The third-order valence-electron chi connectivity index (χ3n) is 11.9. The molecule has 0 saturated carbocycles. The maximum Gasteiger partial charge on any atom is 0.338 e. The average molecular weight is 879 g/mol. The van der Waals surface area contributed by atoms with E-state index in [-0.39, 0.29) is 31.4 Å². The van der Waals surface area contributed by atoms with E-state index in [0.717, 1.165) is 11.1 Å². The number of carbonyl (C=O) groups excluding carboxylic acids is 4. The third kappa shape index (κ3) is 10.9. The topological polar surface area (TPSA) is 240 Å². The molecule has 63 heavy (non-hydrogen) atoms. The minimum Gasteiger partial charge on any atom is -0.460 e. The highest BCUT2D eigenvalue weighted by molar-refractivity contribution is 5.98. The molecule has 6 N–H and O–H groups in total. The quantitative estimate of drug-likeness (QED) is 0.146. The molecule has 2 amide bonds. The number of amides is 2. The molecule has 10 atom stereocenters. The Labute approximate surface area is 365 Å². The van der Waals surface area contributed by atoms with E-state index in [1.54, 1.807) is 63.3 Å². The highest BCUT2D eigenvalue weighted by Crippen LogP contribution is 2.45. The average Bonchev–Trinajstić information content (AvgIpc) is 3.99. The first-order chi connectivity index (χ1) is 30.1. The van der Waals surface area contributed by atoms with Crippen LogP contribution in [0.4, 0.5) is 0 Å². The second-order valence-electron chi connectivity index (χ2n) is 17.8. The Balaban J connectivity index is 1.01. The van der Waals surface area contributed by atoms with Crippen molar-refractivity contribution in [1.82, 2.24) is 10.2 Å². The van der Waals surface area contributed by atoms with E-state index in [4.69, 9.17) is 28.4 Å². The van der Waals surface area contributed by atoms with Crippen molar-refractivity contribution in [1.29, 1.82) is 0 Å². The number of aliphatic hydroxyl groups excluding tert-OH is 5. The van der Waals surface area contributed by atoms with Gasteiger partial charge < -0.3 is 64.2 Å². The molecule has 0 aromatic heterocycles. The standard InChI is InChI=1S/C46H58N2O15/c1-45(2,3)62-36(51)17-16-31(24-49)47-41(55)32-11-6-18-48(32)42(56)30-20-33(40-34(21-30)61-46(63-40)22-28-9-4-5-10-29(28)23-46)59-43(57)27-14-12-26(13-15-27)8-7-19-58-44-39(54)38(53)37(52)35(25-50)60-44/h4-5,7-10,12-15,21,31-35,37-40,44,49-50,52-54H,6,11,16-20,22-25H2,1-3H3,(H,47,55)/t31-,32+,33+,34+,35+,37-,38-,39+,40-,44-/m0/s1. The molecular weight excluding hydrogens is 821 g/mol. The molecule has 0 unspecified atom stereocenters. The van der Waals surface area contributed by atoms with Crippen LogP contribution < -0.4 is 5.32 Å². The minimum atomic E-state index is -1.55. The van der Waals surface area contributed by atoms with Crippen molar-refractivity contribution >= 4 is 29.8 Å². The molecule has 1 spiro atoms. The van der Waals surface area contributed by atoms with E-state index in [0.29, 0.717) is 43.4 Å². The maximum absolute atomic E-state index is 14.4. The Hall–Kier alpha value is -4.56. The van der Waals surface area contributed by atoms with Gasteiger partial charge in [-0.2, -0.15) is 0 Å². The number of fused-ring (bicyclic) bond motifs is 2. The highest BCUT2D eigenvalue weighted by Gasteiger charge is 2.55. The van der Waals surface area contributed by atoms with Gasteiger partial charge in [-0.3, -0.25) is 14.4 Å². The molecule has 342 valence electrons. The molecule has 3 saturated heterocycles. The van der Waals surface area contributed by atoms with E-state index in [1.165, 1.54) is 4.90 Å². The summed E-state index contributed by atoms with van der Waals surface area (Å²) in [6.07, 6.45) is -2.17. The summed E-state index contributed by atoms with van der Waals surface area (Å²) in [5.74, 6) is -2.95. The molecule has 2 aromatic rings. The van der Waals surface area contributed by atoms with Gasteiger partial charge in [0, 0.05) is 37.8 Å². The Bertz CT molecular complexity index is 2000. The van der Waals surface area contributed by atoms with Gasteiger partial charge in [-0.25, -0.2) is 4.79 Å². The van der Waals surface area contributed by atoms with Crippen LogP contribution in [0.25, 0.3) is 6.08 Å². The first-order valence-electron chi connectivity index (χ1n) is 21.5. The molecule has 17 nitrogen and oxygen atoms in total. The van der Waals surface area contributed by atoms with Crippen LogP contribution in [-0.2, 0) is 55.6 Å². The van der Waals surface area contributed by atoms with Gasteiger partial charge in [0.25, 0.3) is 0 Å². The van der Waals surface area contributed by atoms with Gasteiger partial charge in [-0.05, 0) is 74.9 Å². The molecule has 5 aliphatic rings. The van der Waals surface area contributed by atoms with Gasteiger partial charge in [-0.1, -0.05) is 48.6 Å². The lowest BCUT2D eigenvalue weighted by atomic mass is 9.91. The number of likely N-dealkylation sites (tertiary alicyclic amines) is 1. The SMILES string of the molecule is CC(C)(C)OC(=O)CC[C@@H](CO)NC(=O)[C@H]1CCCN1C(=O)C1=C[C@H]2OC3(Cc4ccccc4C3)O[C@H]2[C@H](OC(=O)c2ccc(C=CCO[C@H]3O[C@H](CO)[C@H](O)[C@H](O)[C@H]3O)cc2)C1. The van der Waals surface area contributed by atoms with Crippen LogP contribution >= 0.6 is 0 Å². The zero-order valence-electron chi connectivity index (χ0n) is 35.7. The number of aliphatic hydroxyl groups is 5. The van der Waals surface area contributed by atoms with Gasteiger partial charge in [-0.15, -0.1) is 0 Å². The van der Waals surface area contributed by atoms with Crippen LogP contribution in [0.3, 0.4) is 0 Å². The van der Waals surface area contributed by atoms with Crippen molar-refractivity contribution in [3.63, 3.8) is 0 Å². The molecule has 7 rings (SSSR count). The van der Waals surface area contributed by atoms with Crippen LogP contribution in [0.5, 0.6) is 0 Å². The fraction of sp³-hybridized carbons (Fsp3) is 0.565. The molecule has 3 heterocycles. The predicted octanol–water partition coefficient (Wildman–Crippen LogP) is 1.24. The Morgan fingerprint density at radius 1 is 0.968 bits per heavy atom. The molecule has 17 heteroatoms. The molecule has 2 aliphatic carbocycles. The first-order valence-corrected chi connectivity index (χ1v) is 21.5. The normalized spacial score (nSPS) is 29.2. The summed E-state index contributed by atoms with van der Waals surface area (Å²) in [4.78, 5) is 55.6. The number of esters is 2. The van der Waals surface area contributed by atoms with Gasteiger partial charge >= 0.3 is 11.9 Å². The van der Waals surface area contributed by atoms with E-state index >= 15 is 0 Å². The van der Waals surface area contributed by atoms with E-state index in [9.17, 15) is 44.7 Å². The number of nitrogens with one attached hydrogen (secondary N) is 1. The van der Waals surface area contributed by atoms with Crippen molar-refractivity contribution in [3.8, 4) is 0 Å². The summed E-state index contributed by atoms with van der Waals surface area (Å²) < 4.78 is 35.7. The molecule has 3 fully saturated rings. The Kier molecular flexibility index (Phi) is 14.5. The number of nitrogens with zero attached hydrogens (tertiary/aromatic N) is 1. The maximum atomic E-state index is 14.4. The van der Waals surface area contributed by atoms with Crippen LogP contribution in [-0.4, -0.2) is 153 Å². The van der Waals surface area contributed by atoms with Crippen LogP contribution in [0, 0.1) is 0 Å². The van der Waals surface area contributed by atoms with Gasteiger partial charge in [0.1, 0.15) is 54.4 Å². The smallest absolute Gasteiger partial charge is 0.338 e. The number of carbonyl (C=O) groups is 4. The lowest BCUT2D eigenvalue weighted by Crippen LogP contribution is -2.59. The summed E-state index contributed by atoms with van der Waals surface area (Å²) >= 11 is 0. The van der Waals surface area contributed by atoms with Crippen molar-refractivity contribution in [3.05, 3.63) is 88.5 Å². The third-order valence-corrected chi connectivity index (χ3v) is 11.9. The van der Waals surface area contributed by atoms with E-state index in [2.05, 4.69) is 5.32 Å². The molecular formula is C46H58N2O15. The van der Waals surface area contributed by atoms with Crippen molar-refractivity contribution in [2.24, 2.45) is 0 Å². The van der Waals surface area contributed by atoms with E-state index in [1.807, 2.05) is 24.3 Å². The number of ether oxygens (including phenoxy) is 6. The fourth-order valence-corrected chi connectivity index (χ4v) is 8.79. The Morgan fingerprint density at radius 3 is 2.35 bits per heavy atom. The summed E-state index contributed by atoms with van der Waals surface area (Å²) in [5, 5.41) is 52.4. The largest absolute Gasteiger partial charge is 0.460 e. The summed E-state index contributed by atoms with van der Waals surface area (Å²) in [5.41, 5.74) is 2.75. The molecule has 0 bridgehead atoms. The predicted molar refractivity (Wildman–Crippen MR) is 222 cm³/mol. The monoisotopic (exact) mass is 878 g/mol. The van der Waals surface area contributed by atoms with Crippen LogP contribution in [0.2, 0.25) is 0 Å². The summed E-state index contributed by atoms with van der Waals surface area (Å²) in [7, 11) is 0. The number of hydrogen-bond acceptors (Lipinski definition) is 15. The van der Waals surface area contributed by atoms with Gasteiger partial charge in [0.2, 0.25) is 11.8 Å². The lowest BCUT2D eigenvalue weighted by molar-refractivity contribution is -0.298. The van der Waals surface area contributed by atoms with Crippen molar-refractivity contribution in [2.45, 2.75) is 138 Å². The zero-order valence-corrected chi connectivity index (χ0v) is 35.7. The molecule has 2 aromatic carbocycles.